The zero-order valence-electron chi connectivity index (χ0n) is 14.2. The molecule has 0 unspecified atom stereocenters. The summed E-state index contributed by atoms with van der Waals surface area (Å²) in [6, 6.07) is 9.87. The standard InChI is InChI=1S/C18H17BrN2O3S2/c1-12-6-3-4-7-14(12)8-5-9-15-10-11-25-18(15)26(22,23)21-17-16(19)13(2)20-24-17/h3-8,10-11,21H,9H2,1-2H3. The lowest BCUT2D eigenvalue weighted by molar-refractivity contribution is 0.430. The second-order valence-electron chi connectivity index (χ2n) is 5.71. The summed E-state index contributed by atoms with van der Waals surface area (Å²) in [6.07, 6.45) is 4.50. The molecule has 0 aliphatic heterocycles. The molecular formula is C18H17BrN2O3S2. The van der Waals surface area contributed by atoms with Crippen LogP contribution in [-0.2, 0) is 16.4 Å². The Kier molecular flexibility index (Phi) is 5.64. The van der Waals surface area contributed by atoms with Gasteiger partial charge in [-0.2, -0.15) is 0 Å². The van der Waals surface area contributed by atoms with Crippen molar-refractivity contribution in [2.75, 3.05) is 4.72 Å². The maximum absolute atomic E-state index is 12.7. The minimum absolute atomic E-state index is 0.0808. The Morgan fingerprint density at radius 3 is 2.73 bits per heavy atom. The normalized spacial score (nSPS) is 12.0. The van der Waals surface area contributed by atoms with Gasteiger partial charge in [-0.25, -0.2) is 13.1 Å². The van der Waals surface area contributed by atoms with E-state index in [0.29, 0.717) is 16.6 Å². The van der Waals surface area contributed by atoms with E-state index in [9.17, 15) is 8.42 Å². The Morgan fingerprint density at radius 1 is 1.27 bits per heavy atom. The maximum Gasteiger partial charge on any atom is 0.274 e. The summed E-state index contributed by atoms with van der Waals surface area (Å²) in [5, 5.41) is 5.51. The molecule has 0 spiro atoms. The first kappa shape index (κ1) is 18.9. The van der Waals surface area contributed by atoms with Crippen LogP contribution in [0.4, 0.5) is 5.88 Å². The number of sulfonamides is 1. The fourth-order valence-electron chi connectivity index (χ4n) is 2.39. The predicted molar refractivity (Wildman–Crippen MR) is 108 cm³/mol. The number of aromatic nitrogens is 1. The number of halogens is 1. The first-order chi connectivity index (χ1) is 12.4. The first-order valence-electron chi connectivity index (χ1n) is 7.81. The van der Waals surface area contributed by atoms with Gasteiger partial charge in [-0.3, -0.25) is 0 Å². The molecule has 3 rings (SSSR count). The number of nitrogens with one attached hydrogen (secondary N) is 1. The summed E-state index contributed by atoms with van der Waals surface area (Å²) in [4.78, 5) is 0. The Balaban J connectivity index is 1.79. The molecule has 1 N–H and O–H groups in total. The van der Waals surface area contributed by atoms with Gasteiger partial charge in [0.25, 0.3) is 15.9 Å². The molecule has 0 aliphatic rings. The van der Waals surface area contributed by atoms with Gasteiger partial charge in [-0.15, -0.1) is 11.3 Å². The lowest BCUT2D eigenvalue weighted by atomic mass is 10.1. The van der Waals surface area contributed by atoms with Gasteiger partial charge in [-0.05, 0) is 64.3 Å². The number of anilines is 1. The quantitative estimate of drug-likeness (QED) is 0.559. The summed E-state index contributed by atoms with van der Waals surface area (Å²) >= 11 is 4.44. The topological polar surface area (TPSA) is 72.2 Å². The summed E-state index contributed by atoms with van der Waals surface area (Å²) in [6.45, 7) is 3.76. The van der Waals surface area contributed by atoms with Crippen molar-refractivity contribution in [3.63, 3.8) is 0 Å². The van der Waals surface area contributed by atoms with Crippen LogP contribution in [0.3, 0.4) is 0 Å². The van der Waals surface area contributed by atoms with E-state index in [2.05, 4.69) is 25.8 Å². The summed E-state index contributed by atoms with van der Waals surface area (Å²) < 4.78 is 33.6. The smallest absolute Gasteiger partial charge is 0.274 e. The van der Waals surface area contributed by atoms with Crippen LogP contribution in [-0.4, -0.2) is 13.6 Å². The Hall–Kier alpha value is -1.90. The minimum atomic E-state index is -3.74. The summed E-state index contributed by atoms with van der Waals surface area (Å²) in [7, 11) is -3.74. The molecule has 3 aromatic rings. The Morgan fingerprint density at radius 2 is 2.04 bits per heavy atom. The number of hydrogen-bond acceptors (Lipinski definition) is 5. The largest absolute Gasteiger partial charge is 0.336 e. The molecule has 0 aliphatic carbocycles. The van der Waals surface area contributed by atoms with Crippen molar-refractivity contribution in [2.45, 2.75) is 24.5 Å². The van der Waals surface area contributed by atoms with Crippen LogP contribution < -0.4 is 4.72 Å². The number of nitrogens with zero attached hydrogens (tertiary/aromatic N) is 1. The second-order valence-corrected chi connectivity index (χ2v) is 9.30. The highest BCUT2D eigenvalue weighted by atomic mass is 79.9. The average Bonchev–Trinajstić information content (AvgIpc) is 3.19. The van der Waals surface area contributed by atoms with E-state index in [0.717, 1.165) is 11.1 Å². The number of thiophene rings is 1. The van der Waals surface area contributed by atoms with Crippen LogP contribution in [0, 0.1) is 13.8 Å². The first-order valence-corrected chi connectivity index (χ1v) is 11.0. The molecule has 0 amide bonds. The predicted octanol–water partition coefficient (Wildman–Crippen LogP) is 5.17. The van der Waals surface area contributed by atoms with Gasteiger partial charge in [0, 0.05) is 0 Å². The van der Waals surface area contributed by atoms with Crippen LogP contribution in [0.25, 0.3) is 6.08 Å². The molecule has 0 bridgehead atoms. The fourth-order valence-corrected chi connectivity index (χ4v) is 5.19. The van der Waals surface area contributed by atoms with Crippen molar-refractivity contribution in [3.05, 3.63) is 68.6 Å². The number of rotatable bonds is 6. The minimum Gasteiger partial charge on any atom is -0.336 e. The number of benzene rings is 1. The highest BCUT2D eigenvalue weighted by molar-refractivity contribution is 9.10. The zero-order valence-corrected chi connectivity index (χ0v) is 17.4. The van der Waals surface area contributed by atoms with E-state index in [1.807, 2.05) is 49.4 Å². The molecule has 0 saturated heterocycles. The van der Waals surface area contributed by atoms with Gasteiger partial charge in [0.05, 0.1) is 5.69 Å². The van der Waals surface area contributed by atoms with E-state index >= 15 is 0 Å². The third-order valence-corrected chi connectivity index (χ3v) is 7.63. The van der Waals surface area contributed by atoms with Gasteiger partial charge < -0.3 is 4.52 Å². The monoisotopic (exact) mass is 452 g/mol. The maximum atomic E-state index is 12.7. The van der Waals surface area contributed by atoms with Crippen LogP contribution in [0.15, 0.2) is 55.0 Å². The number of allylic oxidation sites excluding steroid dienone is 1. The van der Waals surface area contributed by atoms with E-state index in [-0.39, 0.29) is 10.1 Å². The molecule has 5 nitrogen and oxygen atoms in total. The van der Waals surface area contributed by atoms with Crippen molar-refractivity contribution < 1.29 is 12.9 Å². The fraction of sp³-hybridized carbons (Fsp3) is 0.167. The molecule has 0 radical (unpaired) electrons. The van der Waals surface area contributed by atoms with Gasteiger partial charge in [0.2, 0.25) is 0 Å². The Bertz CT molecular complexity index is 1050. The third-order valence-electron chi connectivity index (χ3n) is 3.79. The molecular weight excluding hydrogens is 436 g/mol. The number of hydrogen-bond donors (Lipinski definition) is 1. The van der Waals surface area contributed by atoms with Gasteiger partial charge >= 0.3 is 0 Å². The van der Waals surface area contributed by atoms with Crippen molar-refractivity contribution in [1.29, 1.82) is 0 Å². The van der Waals surface area contributed by atoms with Crippen LogP contribution in [0.5, 0.6) is 0 Å². The summed E-state index contributed by atoms with van der Waals surface area (Å²) in [5.74, 6) is 0.0808. The van der Waals surface area contributed by atoms with E-state index in [4.69, 9.17) is 4.52 Å². The molecule has 1 aromatic carbocycles. The van der Waals surface area contributed by atoms with E-state index in [1.165, 1.54) is 16.9 Å². The second kappa shape index (κ2) is 7.77. The lowest BCUT2D eigenvalue weighted by Crippen LogP contribution is -2.13. The van der Waals surface area contributed by atoms with Gasteiger partial charge in [0.1, 0.15) is 8.68 Å². The van der Waals surface area contributed by atoms with Gasteiger partial charge in [0.15, 0.2) is 0 Å². The number of aryl methyl sites for hydroxylation is 2. The highest BCUT2D eigenvalue weighted by Gasteiger charge is 2.23. The molecule has 2 heterocycles. The van der Waals surface area contributed by atoms with Crippen LogP contribution in [0.1, 0.15) is 22.4 Å². The molecule has 0 atom stereocenters. The van der Waals surface area contributed by atoms with Crippen molar-refractivity contribution in [1.82, 2.24) is 5.16 Å². The van der Waals surface area contributed by atoms with E-state index in [1.54, 1.807) is 12.3 Å². The van der Waals surface area contributed by atoms with Crippen molar-refractivity contribution >= 4 is 49.3 Å². The van der Waals surface area contributed by atoms with Gasteiger partial charge in [-0.1, -0.05) is 41.6 Å². The third kappa shape index (κ3) is 4.08. The molecule has 2 aromatic heterocycles. The highest BCUT2D eigenvalue weighted by Crippen LogP contribution is 2.30. The zero-order chi connectivity index (χ0) is 18.7. The van der Waals surface area contributed by atoms with Crippen LogP contribution in [0.2, 0.25) is 0 Å². The molecule has 0 fully saturated rings. The van der Waals surface area contributed by atoms with Crippen molar-refractivity contribution in [3.8, 4) is 0 Å². The van der Waals surface area contributed by atoms with Crippen LogP contribution >= 0.6 is 27.3 Å². The van der Waals surface area contributed by atoms with E-state index < -0.39 is 10.0 Å². The Labute approximate surface area is 164 Å². The molecule has 8 heteroatoms. The lowest BCUT2D eigenvalue weighted by Gasteiger charge is -2.05. The average molecular weight is 453 g/mol. The summed E-state index contributed by atoms with van der Waals surface area (Å²) in [5.41, 5.74) is 3.61. The molecule has 136 valence electrons. The van der Waals surface area contributed by atoms with Crippen molar-refractivity contribution in [2.24, 2.45) is 0 Å². The SMILES string of the molecule is Cc1ccccc1C=CCc1ccsc1S(=O)(=O)Nc1onc(C)c1Br. The molecule has 26 heavy (non-hydrogen) atoms. The molecule has 0 saturated carbocycles.